The van der Waals surface area contributed by atoms with Gasteiger partial charge < -0.3 is 10.6 Å². The van der Waals surface area contributed by atoms with Gasteiger partial charge in [0.05, 0.1) is 11.3 Å². The van der Waals surface area contributed by atoms with Gasteiger partial charge in [-0.1, -0.05) is 19.1 Å². The molecule has 0 saturated carbocycles. The van der Waals surface area contributed by atoms with Gasteiger partial charge in [-0.15, -0.1) is 0 Å². The Bertz CT molecular complexity index is 579. The third-order valence-corrected chi connectivity index (χ3v) is 3.05. The molecule has 20 heavy (non-hydrogen) atoms. The first kappa shape index (κ1) is 14.1. The van der Waals surface area contributed by atoms with E-state index in [-0.39, 0.29) is 5.91 Å². The SMILES string of the molecule is CCNc1ccncc1C(=O)Nc1ccc(CC)cc1. The first-order chi connectivity index (χ1) is 9.74. The Morgan fingerprint density at radius 1 is 1.15 bits per heavy atom. The number of nitrogens with one attached hydrogen (secondary N) is 2. The minimum atomic E-state index is -0.154. The zero-order valence-corrected chi connectivity index (χ0v) is 11.8. The van der Waals surface area contributed by atoms with E-state index in [1.54, 1.807) is 18.5 Å². The molecule has 1 heterocycles. The predicted molar refractivity (Wildman–Crippen MR) is 82.2 cm³/mol. The van der Waals surface area contributed by atoms with Gasteiger partial charge in [0.25, 0.3) is 5.91 Å². The van der Waals surface area contributed by atoms with Crippen LogP contribution in [0.15, 0.2) is 42.7 Å². The van der Waals surface area contributed by atoms with Crippen LogP contribution in [0.2, 0.25) is 0 Å². The molecule has 2 rings (SSSR count). The maximum atomic E-state index is 12.3. The zero-order chi connectivity index (χ0) is 14.4. The Kier molecular flexibility index (Phi) is 4.71. The topological polar surface area (TPSA) is 54.0 Å². The number of amides is 1. The Morgan fingerprint density at radius 3 is 2.55 bits per heavy atom. The van der Waals surface area contributed by atoms with E-state index >= 15 is 0 Å². The molecule has 0 atom stereocenters. The lowest BCUT2D eigenvalue weighted by Crippen LogP contribution is -2.15. The molecule has 4 heteroatoms. The molecule has 4 nitrogen and oxygen atoms in total. The number of hydrogen-bond acceptors (Lipinski definition) is 3. The molecule has 2 N–H and O–H groups in total. The maximum absolute atomic E-state index is 12.3. The maximum Gasteiger partial charge on any atom is 0.259 e. The minimum absolute atomic E-state index is 0.154. The van der Waals surface area contributed by atoms with Crippen LogP contribution in [0, 0.1) is 0 Å². The van der Waals surface area contributed by atoms with Crippen molar-refractivity contribution in [1.82, 2.24) is 4.98 Å². The number of aromatic nitrogens is 1. The third kappa shape index (κ3) is 3.35. The van der Waals surface area contributed by atoms with Gasteiger partial charge in [-0.2, -0.15) is 0 Å². The summed E-state index contributed by atoms with van der Waals surface area (Å²) in [6.45, 7) is 4.85. The van der Waals surface area contributed by atoms with E-state index in [9.17, 15) is 4.79 Å². The average molecular weight is 269 g/mol. The fraction of sp³-hybridized carbons (Fsp3) is 0.250. The second-order valence-corrected chi connectivity index (χ2v) is 4.46. The molecule has 0 spiro atoms. The molecule has 0 aliphatic carbocycles. The van der Waals surface area contributed by atoms with Crippen molar-refractivity contribution in [3.8, 4) is 0 Å². The molecule has 1 aromatic carbocycles. The van der Waals surface area contributed by atoms with Crippen LogP contribution in [-0.4, -0.2) is 17.4 Å². The molecule has 2 aromatic rings. The van der Waals surface area contributed by atoms with Crippen molar-refractivity contribution >= 4 is 17.3 Å². The molecule has 1 amide bonds. The Balaban J connectivity index is 2.15. The van der Waals surface area contributed by atoms with Crippen molar-refractivity contribution in [2.45, 2.75) is 20.3 Å². The van der Waals surface area contributed by atoms with Gasteiger partial charge in [0.2, 0.25) is 0 Å². The molecular weight excluding hydrogens is 250 g/mol. The highest BCUT2D eigenvalue weighted by atomic mass is 16.1. The lowest BCUT2D eigenvalue weighted by molar-refractivity contribution is 0.102. The van der Waals surface area contributed by atoms with Gasteiger partial charge in [-0.3, -0.25) is 9.78 Å². The molecule has 0 bridgehead atoms. The quantitative estimate of drug-likeness (QED) is 0.875. The zero-order valence-electron chi connectivity index (χ0n) is 11.8. The van der Waals surface area contributed by atoms with E-state index in [1.807, 2.05) is 31.2 Å². The summed E-state index contributed by atoms with van der Waals surface area (Å²) in [5, 5.41) is 6.05. The molecule has 104 valence electrons. The average Bonchev–Trinajstić information content (AvgIpc) is 2.49. The van der Waals surface area contributed by atoms with Crippen LogP contribution in [0.25, 0.3) is 0 Å². The van der Waals surface area contributed by atoms with E-state index in [0.29, 0.717) is 5.56 Å². The fourth-order valence-electron chi connectivity index (χ4n) is 1.94. The van der Waals surface area contributed by atoms with Crippen molar-refractivity contribution in [1.29, 1.82) is 0 Å². The van der Waals surface area contributed by atoms with Crippen LogP contribution in [0.1, 0.15) is 29.8 Å². The van der Waals surface area contributed by atoms with Crippen LogP contribution >= 0.6 is 0 Å². The Morgan fingerprint density at radius 2 is 1.90 bits per heavy atom. The summed E-state index contributed by atoms with van der Waals surface area (Å²) in [6.07, 6.45) is 4.24. The van der Waals surface area contributed by atoms with E-state index in [4.69, 9.17) is 0 Å². The van der Waals surface area contributed by atoms with Crippen molar-refractivity contribution in [2.24, 2.45) is 0 Å². The van der Waals surface area contributed by atoms with Crippen LogP contribution in [0.3, 0.4) is 0 Å². The number of rotatable bonds is 5. The fourth-order valence-corrected chi connectivity index (χ4v) is 1.94. The number of hydrogen-bond donors (Lipinski definition) is 2. The predicted octanol–water partition coefficient (Wildman–Crippen LogP) is 3.33. The highest BCUT2D eigenvalue weighted by Gasteiger charge is 2.11. The summed E-state index contributed by atoms with van der Waals surface area (Å²) >= 11 is 0. The summed E-state index contributed by atoms with van der Waals surface area (Å²) in [6, 6.07) is 9.67. The number of carbonyl (C=O) groups is 1. The third-order valence-electron chi connectivity index (χ3n) is 3.05. The summed E-state index contributed by atoms with van der Waals surface area (Å²) in [5.41, 5.74) is 3.38. The van der Waals surface area contributed by atoms with Crippen LogP contribution in [0.5, 0.6) is 0 Å². The van der Waals surface area contributed by atoms with Gasteiger partial charge in [-0.25, -0.2) is 0 Å². The molecule has 0 radical (unpaired) electrons. The summed E-state index contributed by atoms with van der Waals surface area (Å²) < 4.78 is 0. The number of aryl methyl sites for hydroxylation is 1. The van der Waals surface area contributed by atoms with Gasteiger partial charge >= 0.3 is 0 Å². The summed E-state index contributed by atoms with van der Waals surface area (Å²) in [7, 11) is 0. The number of pyridine rings is 1. The summed E-state index contributed by atoms with van der Waals surface area (Å²) in [5.74, 6) is -0.154. The van der Waals surface area contributed by atoms with Crippen LogP contribution in [0.4, 0.5) is 11.4 Å². The first-order valence-electron chi connectivity index (χ1n) is 6.82. The van der Waals surface area contributed by atoms with E-state index in [2.05, 4.69) is 22.5 Å². The van der Waals surface area contributed by atoms with Gasteiger partial charge in [0.15, 0.2) is 0 Å². The molecular formula is C16H19N3O. The second-order valence-electron chi connectivity index (χ2n) is 4.46. The number of nitrogens with zero attached hydrogens (tertiary/aromatic N) is 1. The number of anilines is 2. The largest absolute Gasteiger partial charge is 0.385 e. The van der Waals surface area contributed by atoms with Crippen molar-refractivity contribution in [3.63, 3.8) is 0 Å². The highest BCUT2D eigenvalue weighted by molar-refractivity contribution is 6.07. The van der Waals surface area contributed by atoms with Crippen LogP contribution < -0.4 is 10.6 Å². The molecule has 0 aliphatic rings. The molecule has 1 aromatic heterocycles. The van der Waals surface area contributed by atoms with Crippen LogP contribution in [-0.2, 0) is 6.42 Å². The normalized spacial score (nSPS) is 10.1. The first-order valence-corrected chi connectivity index (χ1v) is 6.82. The summed E-state index contributed by atoms with van der Waals surface area (Å²) in [4.78, 5) is 16.3. The Hall–Kier alpha value is -2.36. The molecule has 0 unspecified atom stereocenters. The van der Waals surface area contributed by atoms with Crippen molar-refractivity contribution in [3.05, 3.63) is 53.9 Å². The smallest absolute Gasteiger partial charge is 0.259 e. The van der Waals surface area contributed by atoms with E-state index in [1.165, 1.54) is 5.56 Å². The monoisotopic (exact) mass is 269 g/mol. The second kappa shape index (κ2) is 6.70. The van der Waals surface area contributed by atoms with E-state index < -0.39 is 0 Å². The lowest BCUT2D eigenvalue weighted by atomic mass is 10.1. The lowest BCUT2D eigenvalue weighted by Gasteiger charge is -2.10. The molecule has 0 fully saturated rings. The number of carbonyl (C=O) groups excluding carboxylic acids is 1. The minimum Gasteiger partial charge on any atom is -0.385 e. The standard InChI is InChI=1S/C16H19N3O/c1-3-12-5-7-13(8-6-12)19-16(20)14-11-17-10-9-15(14)18-4-2/h5-11H,3-4H2,1-2H3,(H,17,18)(H,19,20). The van der Waals surface area contributed by atoms with Gasteiger partial charge in [0.1, 0.15) is 0 Å². The highest BCUT2D eigenvalue weighted by Crippen LogP contribution is 2.16. The molecule has 0 saturated heterocycles. The van der Waals surface area contributed by atoms with E-state index in [0.717, 1.165) is 24.3 Å². The van der Waals surface area contributed by atoms with Gasteiger partial charge in [0, 0.05) is 24.6 Å². The van der Waals surface area contributed by atoms with Gasteiger partial charge in [-0.05, 0) is 37.1 Å². The Labute approximate surface area is 119 Å². The number of benzene rings is 1. The van der Waals surface area contributed by atoms with Crippen molar-refractivity contribution in [2.75, 3.05) is 17.2 Å². The van der Waals surface area contributed by atoms with Crippen molar-refractivity contribution < 1.29 is 4.79 Å². The molecule has 0 aliphatic heterocycles.